The Morgan fingerprint density at radius 1 is 1.31 bits per heavy atom. The normalized spacial score (nSPS) is 23.6. The zero-order valence-electron chi connectivity index (χ0n) is 11.0. The van der Waals surface area contributed by atoms with Crippen LogP contribution in [0.5, 0.6) is 0 Å². The standard InChI is InChI=1S/C13H27NO2/c1-11(2)14-8-7-12(3)16-10-13-6-4-5-9-15-13/h11-14H,4-10H2,1-3H3. The molecule has 1 N–H and O–H groups in total. The lowest BCUT2D eigenvalue weighted by Gasteiger charge is -2.24. The summed E-state index contributed by atoms with van der Waals surface area (Å²) in [6.45, 7) is 9.19. The third-order valence-corrected chi connectivity index (χ3v) is 2.94. The Balaban J connectivity index is 1.98. The highest BCUT2D eigenvalue weighted by molar-refractivity contribution is 4.64. The van der Waals surface area contributed by atoms with Crippen LogP contribution in [0.2, 0.25) is 0 Å². The monoisotopic (exact) mass is 229 g/mol. The van der Waals surface area contributed by atoms with E-state index in [1.165, 1.54) is 12.8 Å². The second-order valence-electron chi connectivity index (χ2n) is 5.03. The van der Waals surface area contributed by atoms with Crippen molar-refractivity contribution >= 4 is 0 Å². The van der Waals surface area contributed by atoms with E-state index >= 15 is 0 Å². The van der Waals surface area contributed by atoms with Crippen LogP contribution in [0.4, 0.5) is 0 Å². The summed E-state index contributed by atoms with van der Waals surface area (Å²) < 4.78 is 11.4. The summed E-state index contributed by atoms with van der Waals surface area (Å²) in [7, 11) is 0. The van der Waals surface area contributed by atoms with Crippen LogP contribution in [0.3, 0.4) is 0 Å². The second kappa shape index (κ2) is 8.04. The first-order chi connectivity index (χ1) is 7.68. The van der Waals surface area contributed by atoms with E-state index in [-0.39, 0.29) is 0 Å². The van der Waals surface area contributed by atoms with Crippen molar-refractivity contribution < 1.29 is 9.47 Å². The number of hydrogen-bond acceptors (Lipinski definition) is 3. The van der Waals surface area contributed by atoms with Gasteiger partial charge in [0.1, 0.15) is 0 Å². The van der Waals surface area contributed by atoms with E-state index in [1.807, 2.05) is 0 Å². The molecule has 1 rings (SSSR count). The zero-order valence-corrected chi connectivity index (χ0v) is 11.0. The predicted molar refractivity (Wildman–Crippen MR) is 66.8 cm³/mol. The molecule has 3 heteroatoms. The van der Waals surface area contributed by atoms with Crippen LogP contribution in [0.1, 0.15) is 46.5 Å². The van der Waals surface area contributed by atoms with E-state index in [4.69, 9.17) is 9.47 Å². The largest absolute Gasteiger partial charge is 0.376 e. The van der Waals surface area contributed by atoms with Crippen LogP contribution in [0.15, 0.2) is 0 Å². The molecule has 0 bridgehead atoms. The first kappa shape index (κ1) is 13.9. The smallest absolute Gasteiger partial charge is 0.0808 e. The Bertz CT molecular complexity index is 167. The minimum atomic E-state index is 0.330. The maximum absolute atomic E-state index is 5.80. The number of rotatable bonds is 7. The highest BCUT2D eigenvalue weighted by Gasteiger charge is 2.15. The van der Waals surface area contributed by atoms with E-state index in [1.54, 1.807) is 0 Å². The van der Waals surface area contributed by atoms with Crippen LogP contribution < -0.4 is 5.32 Å². The van der Waals surface area contributed by atoms with Gasteiger partial charge in [-0.3, -0.25) is 0 Å². The van der Waals surface area contributed by atoms with Crippen molar-refractivity contribution in [1.29, 1.82) is 0 Å². The van der Waals surface area contributed by atoms with Crippen molar-refractivity contribution in [2.75, 3.05) is 19.8 Å². The molecule has 16 heavy (non-hydrogen) atoms. The van der Waals surface area contributed by atoms with Crippen LogP contribution in [0, 0.1) is 0 Å². The Morgan fingerprint density at radius 2 is 2.12 bits per heavy atom. The molecule has 1 aliphatic heterocycles. The van der Waals surface area contributed by atoms with Gasteiger partial charge in [0.2, 0.25) is 0 Å². The molecule has 0 aliphatic carbocycles. The van der Waals surface area contributed by atoms with E-state index in [0.717, 1.165) is 32.6 Å². The SMILES string of the molecule is CC(C)NCCC(C)OCC1CCCCO1. The summed E-state index contributed by atoms with van der Waals surface area (Å²) in [5, 5.41) is 3.40. The lowest BCUT2D eigenvalue weighted by atomic mass is 10.1. The number of hydrogen-bond donors (Lipinski definition) is 1. The van der Waals surface area contributed by atoms with Gasteiger partial charge >= 0.3 is 0 Å². The van der Waals surface area contributed by atoms with Crippen LogP contribution in [0.25, 0.3) is 0 Å². The van der Waals surface area contributed by atoms with E-state index in [9.17, 15) is 0 Å². The van der Waals surface area contributed by atoms with Crippen molar-refractivity contribution in [3.05, 3.63) is 0 Å². The molecule has 2 atom stereocenters. The van der Waals surface area contributed by atoms with Crippen molar-refractivity contribution in [2.24, 2.45) is 0 Å². The summed E-state index contributed by atoms with van der Waals surface area (Å²) in [6, 6.07) is 0.564. The molecule has 0 aromatic carbocycles. The van der Waals surface area contributed by atoms with Crippen LogP contribution in [-0.2, 0) is 9.47 Å². The average Bonchev–Trinajstić information content (AvgIpc) is 2.27. The number of nitrogens with one attached hydrogen (secondary N) is 1. The predicted octanol–water partition coefficient (Wildman–Crippen LogP) is 2.35. The molecule has 0 saturated carbocycles. The minimum Gasteiger partial charge on any atom is -0.376 e. The molecule has 0 amide bonds. The molecule has 1 heterocycles. The van der Waals surface area contributed by atoms with Gasteiger partial charge in [0.15, 0.2) is 0 Å². The summed E-state index contributed by atoms with van der Waals surface area (Å²) in [4.78, 5) is 0. The summed E-state index contributed by atoms with van der Waals surface area (Å²) in [6.07, 6.45) is 5.41. The maximum Gasteiger partial charge on any atom is 0.0808 e. The van der Waals surface area contributed by atoms with Crippen molar-refractivity contribution in [3.63, 3.8) is 0 Å². The third-order valence-electron chi connectivity index (χ3n) is 2.94. The topological polar surface area (TPSA) is 30.5 Å². The van der Waals surface area contributed by atoms with Crippen LogP contribution in [-0.4, -0.2) is 38.0 Å². The molecule has 3 nitrogen and oxygen atoms in total. The number of ether oxygens (including phenoxy) is 2. The molecule has 2 unspecified atom stereocenters. The fourth-order valence-electron chi connectivity index (χ4n) is 1.87. The quantitative estimate of drug-likeness (QED) is 0.727. The highest BCUT2D eigenvalue weighted by Crippen LogP contribution is 2.13. The van der Waals surface area contributed by atoms with Gasteiger partial charge in [0.05, 0.1) is 18.8 Å². The van der Waals surface area contributed by atoms with Crippen molar-refractivity contribution in [3.8, 4) is 0 Å². The van der Waals surface area contributed by atoms with Crippen molar-refractivity contribution in [1.82, 2.24) is 5.32 Å². The Kier molecular flexibility index (Phi) is 7.01. The molecule has 1 fully saturated rings. The molecule has 0 aromatic rings. The molecule has 1 aliphatic rings. The van der Waals surface area contributed by atoms with Gasteiger partial charge in [-0.05, 0) is 39.2 Å². The maximum atomic E-state index is 5.80. The molecule has 96 valence electrons. The third kappa shape index (κ3) is 6.46. The Hall–Kier alpha value is -0.120. The van der Waals surface area contributed by atoms with Gasteiger partial charge in [-0.15, -0.1) is 0 Å². The summed E-state index contributed by atoms with van der Waals surface area (Å²) in [5.41, 5.74) is 0. The fourth-order valence-corrected chi connectivity index (χ4v) is 1.87. The van der Waals surface area contributed by atoms with E-state index in [2.05, 4.69) is 26.1 Å². The lowest BCUT2D eigenvalue weighted by Crippen LogP contribution is -2.29. The molecular weight excluding hydrogens is 202 g/mol. The molecular formula is C13H27NO2. The Labute approximate surface area is 99.9 Å². The molecule has 0 spiro atoms. The van der Waals surface area contributed by atoms with Crippen molar-refractivity contribution in [2.45, 2.75) is 64.7 Å². The van der Waals surface area contributed by atoms with Gasteiger partial charge in [-0.1, -0.05) is 13.8 Å². The lowest BCUT2D eigenvalue weighted by molar-refractivity contribution is -0.0602. The first-order valence-electron chi connectivity index (χ1n) is 6.65. The van der Waals surface area contributed by atoms with E-state index in [0.29, 0.717) is 18.2 Å². The average molecular weight is 229 g/mol. The van der Waals surface area contributed by atoms with Gasteiger partial charge in [-0.2, -0.15) is 0 Å². The summed E-state index contributed by atoms with van der Waals surface area (Å²) in [5.74, 6) is 0. The summed E-state index contributed by atoms with van der Waals surface area (Å²) >= 11 is 0. The zero-order chi connectivity index (χ0) is 11.8. The van der Waals surface area contributed by atoms with Gasteiger partial charge in [-0.25, -0.2) is 0 Å². The molecule has 0 radical (unpaired) electrons. The Morgan fingerprint density at radius 3 is 2.75 bits per heavy atom. The van der Waals surface area contributed by atoms with Gasteiger partial charge < -0.3 is 14.8 Å². The molecule has 1 saturated heterocycles. The van der Waals surface area contributed by atoms with Gasteiger partial charge in [0.25, 0.3) is 0 Å². The van der Waals surface area contributed by atoms with Crippen LogP contribution >= 0.6 is 0 Å². The fraction of sp³-hybridized carbons (Fsp3) is 1.00. The highest BCUT2D eigenvalue weighted by atomic mass is 16.5. The first-order valence-corrected chi connectivity index (χ1v) is 6.65. The molecule has 0 aromatic heterocycles. The second-order valence-corrected chi connectivity index (χ2v) is 5.03. The van der Waals surface area contributed by atoms with E-state index < -0.39 is 0 Å². The minimum absolute atomic E-state index is 0.330. The van der Waals surface area contributed by atoms with Gasteiger partial charge in [0, 0.05) is 12.6 Å².